The molecule has 0 saturated carbocycles. The second-order valence-corrected chi connectivity index (χ2v) is 4.45. The van der Waals surface area contributed by atoms with E-state index in [1.54, 1.807) is 0 Å². The summed E-state index contributed by atoms with van der Waals surface area (Å²) < 4.78 is 14.9. The molecule has 22 heavy (non-hydrogen) atoms. The van der Waals surface area contributed by atoms with Gasteiger partial charge >= 0.3 is 5.97 Å². The molecule has 2 N–H and O–H groups in total. The summed E-state index contributed by atoms with van der Waals surface area (Å²) in [5.41, 5.74) is 0. The first-order chi connectivity index (χ1) is 10.5. The van der Waals surface area contributed by atoms with Crippen molar-refractivity contribution < 1.29 is 28.6 Å². The molecule has 0 saturated heterocycles. The first-order valence-electron chi connectivity index (χ1n) is 7.07. The van der Waals surface area contributed by atoms with E-state index < -0.39 is 29.8 Å². The molecule has 8 heteroatoms. The second kappa shape index (κ2) is 11.8. The summed E-state index contributed by atoms with van der Waals surface area (Å²) in [7, 11) is 1.37. The zero-order valence-corrected chi connectivity index (χ0v) is 13.2. The van der Waals surface area contributed by atoms with Gasteiger partial charge in [-0.25, -0.2) is 4.79 Å². The van der Waals surface area contributed by atoms with Crippen LogP contribution in [0.1, 0.15) is 26.7 Å². The van der Waals surface area contributed by atoms with Gasteiger partial charge in [0.15, 0.2) is 5.78 Å². The van der Waals surface area contributed by atoms with E-state index >= 15 is 0 Å². The Morgan fingerprint density at radius 2 is 1.95 bits per heavy atom. The molecule has 0 unspecified atom stereocenters. The quantitative estimate of drug-likeness (QED) is 0.299. The summed E-state index contributed by atoms with van der Waals surface area (Å²) >= 11 is 0. The predicted molar refractivity (Wildman–Crippen MR) is 78.9 cm³/mol. The largest absolute Gasteiger partial charge is 0.462 e. The van der Waals surface area contributed by atoms with E-state index in [2.05, 4.69) is 5.32 Å². The molecule has 0 aromatic carbocycles. The first kappa shape index (κ1) is 20.2. The molecule has 0 radical (unpaired) electrons. The monoisotopic (exact) mass is 316 g/mol. The van der Waals surface area contributed by atoms with Gasteiger partial charge in [-0.15, -0.1) is 0 Å². The Hall–Kier alpha value is -1.80. The molecular formula is C14H24N2O6. The van der Waals surface area contributed by atoms with Crippen LogP contribution in [0, 0.1) is 5.41 Å². The van der Waals surface area contributed by atoms with Crippen LogP contribution >= 0.6 is 0 Å². The van der Waals surface area contributed by atoms with Crippen molar-refractivity contribution in [3.05, 3.63) is 0 Å². The molecule has 0 aliphatic carbocycles. The SMILES string of the molecule is CCOCCOC(=O)[C@H](CCC(=O)C=N)NC(=O)[C@H](C)OC. The lowest BCUT2D eigenvalue weighted by atomic mass is 10.1. The van der Waals surface area contributed by atoms with Crippen LogP contribution in [0.15, 0.2) is 0 Å². The summed E-state index contributed by atoms with van der Waals surface area (Å²) in [6.07, 6.45) is -0.0192. The van der Waals surface area contributed by atoms with Crippen molar-refractivity contribution in [2.75, 3.05) is 26.9 Å². The van der Waals surface area contributed by atoms with Crippen LogP contribution in [-0.2, 0) is 28.6 Å². The minimum atomic E-state index is -0.962. The van der Waals surface area contributed by atoms with E-state index in [9.17, 15) is 14.4 Å². The van der Waals surface area contributed by atoms with E-state index in [-0.39, 0.29) is 26.1 Å². The third kappa shape index (κ3) is 8.48. The van der Waals surface area contributed by atoms with Crippen LogP contribution in [0.2, 0.25) is 0 Å². The Kier molecular flexibility index (Phi) is 10.8. The molecule has 126 valence electrons. The van der Waals surface area contributed by atoms with Gasteiger partial charge in [0.25, 0.3) is 0 Å². The van der Waals surface area contributed by atoms with Crippen LogP contribution < -0.4 is 5.32 Å². The normalized spacial score (nSPS) is 13.0. The summed E-state index contributed by atoms with van der Waals surface area (Å²) in [5, 5.41) is 9.32. The minimum absolute atomic E-state index is 0.0314. The Morgan fingerprint density at radius 3 is 2.50 bits per heavy atom. The Labute approximate surface area is 130 Å². The number of methoxy groups -OCH3 is 1. The second-order valence-electron chi connectivity index (χ2n) is 4.45. The number of nitrogens with one attached hydrogen (secondary N) is 2. The van der Waals surface area contributed by atoms with Crippen molar-refractivity contribution in [2.24, 2.45) is 0 Å². The number of hydrogen-bond acceptors (Lipinski definition) is 7. The number of esters is 1. The smallest absolute Gasteiger partial charge is 0.328 e. The van der Waals surface area contributed by atoms with E-state index in [0.29, 0.717) is 12.8 Å². The zero-order valence-electron chi connectivity index (χ0n) is 13.2. The number of carbonyl (C=O) groups excluding carboxylic acids is 3. The standard InChI is InChI=1S/C14H24N2O6/c1-4-21-7-8-22-14(19)12(6-5-11(17)9-15)16-13(18)10(2)20-3/h9-10,12,15H,4-8H2,1-3H3,(H,16,18)/t10-,12-/m0/s1. The molecule has 0 aromatic heterocycles. The Bertz CT molecular complexity index is 386. The van der Waals surface area contributed by atoms with Gasteiger partial charge in [-0.2, -0.15) is 0 Å². The van der Waals surface area contributed by atoms with E-state index in [1.807, 2.05) is 6.92 Å². The first-order valence-corrected chi connectivity index (χ1v) is 7.07. The van der Waals surface area contributed by atoms with Crippen molar-refractivity contribution in [1.82, 2.24) is 5.32 Å². The van der Waals surface area contributed by atoms with Gasteiger partial charge in [0.1, 0.15) is 18.8 Å². The lowest BCUT2D eigenvalue weighted by Crippen LogP contribution is -2.46. The summed E-state index contributed by atoms with van der Waals surface area (Å²) in [6, 6.07) is -0.962. The summed E-state index contributed by atoms with van der Waals surface area (Å²) in [4.78, 5) is 34.9. The third-order valence-corrected chi connectivity index (χ3v) is 2.84. The molecule has 0 rings (SSSR count). The number of hydrogen-bond donors (Lipinski definition) is 2. The van der Waals surface area contributed by atoms with Crippen LogP contribution in [0.5, 0.6) is 0 Å². The molecule has 0 aromatic rings. The molecule has 1 amide bonds. The summed E-state index contributed by atoms with van der Waals surface area (Å²) in [6.45, 7) is 4.20. The summed E-state index contributed by atoms with van der Waals surface area (Å²) in [5.74, 6) is -1.55. The highest BCUT2D eigenvalue weighted by molar-refractivity contribution is 6.26. The number of carbonyl (C=O) groups is 3. The van der Waals surface area contributed by atoms with Gasteiger partial charge < -0.3 is 24.9 Å². The van der Waals surface area contributed by atoms with Gasteiger partial charge in [-0.1, -0.05) is 0 Å². The lowest BCUT2D eigenvalue weighted by molar-refractivity contribution is -0.150. The molecule has 2 atom stereocenters. The molecule has 0 bridgehead atoms. The van der Waals surface area contributed by atoms with Crippen molar-refractivity contribution in [2.45, 2.75) is 38.8 Å². The molecule has 0 spiro atoms. The Morgan fingerprint density at radius 1 is 1.27 bits per heavy atom. The van der Waals surface area contributed by atoms with Crippen LogP contribution in [-0.4, -0.2) is 63.0 Å². The van der Waals surface area contributed by atoms with Crippen molar-refractivity contribution in [3.8, 4) is 0 Å². The lowest BCUT2D eigenvalue weighted by Gasteiger charge is -2.19. The topological polar surface area (TPSA) is 115 Å². The maximum atomic E-state index is 12.0. The van der Waals surface area contributed by atoms with E-state index in [4.69, 9.17) is 19.6 Å². The number of amides is 1. The number of rotatable bonds is 12. The van der Waals surface area contributed by atoms with Gasteiger partial charge in [-0.3, -0.25) is 9.59 Å². The Balaban J connectivity index is 4.55. The third-order valence-electron chi connectivity index (χ3n) is 2.84. The fourth-order valence-electron chi connectivity index (χ4n) is 1.45. The average molecular weight is 316 g/mol. The fourth-order valence-corrected chi connectivity index (χ4v) is 1.45. The molecule has 0 aliphatic rings. The van der Waals surface area contributed by atoms with Crippen LogP contribution in [0.4, 0.5) is 0 Å². The average Bonchev–Trinajstić information content (AvgIpc) is 2.53. The fraction of sp³-hybridized carbons (Fsp3) is 0.714. The minimum Gasteiger partial charge on any atom is -0.462 e. The highest BCUT2D eigenvalue weighted by atomic mass is 16.6. The number of ether oxygens (including phenoxy) is 3. The highest BCUT2D eigenvalue weighted by Crippen LogP contribution is 2.03. The molecule has 0 aliphatic heterocycles. The van der Waals surface area contributed by atoms with Crippen molar-refractivity contribution >= 4 is 23.9 Å². The predicted octanol–water partition coefficient (Wildman–Crippen LogP) is 0.0847. The van der Waals surface area contributed by atoms with Crippen LogP contribution in [0.25, 0.3) is 0 Å². The molecule has 8 nitrogen and oxygen atoms in total. The van der Waals surface area contributed by atoms with E-state index in [1.165, 1.54) is 14.0 Å². The van der Waals surface area contributed by atoms with Crippen molar-refractivity contribution in [3.63, 3.8) is 0 Å². The van der Waals surface area contributed by atoms with Crippen LogP contribution in [0.3, 0.4) is 0 Å². The van der Waals surface area contributed by atoms with E-state index in [0.717, 1.165) is 0 Å². The molecule has 0 heterocycles. The highest BCUT2D eigenvalue weighted by Gasteiger charge is 2.25. The maximum Gasteiger partial charge on any atom is 0.328 e. The van der Waals surface area contributed by atoms with Gasteiger partial charge in [0.05, 0.1) is 12.8 Å². The number of ketones is 1. The number of Topliss-reactive ketones (excluding diaryl/α,β-unsaturated/α-hetero) is 1. The van der Waals surface area contributed by atoms with Gasteiger partial charge in [0.2, 0.25) is 5.91 Å². The molecular weight excluding hydrogens is 292 g/mol. The van der Waals surface area contributed by atoms with Gasteiger partial charge in [-0.05, 0) is 20.3 Å². The van der Waals surface area contributed by atoms with Crippen molar-refractivity contribution in [1.29, 1.82) is 5.41 Å². The molecule has 0 fully saturated rings. The van der Waals surface area contributed by atoms with Gasteiger partial charge in [0, 0.05) is 20.1 Å². The zero-order chi connectivity index (χ0) is 17.0. The maximum absolute atomic E-state index is 12.0.